The lowest BCUT2D eigenvalue weighted by atomic mass is 9.74. The quantitative estimate of drug-likeness (QED) is 0.211. The Balaban J connectivity index is 0.831. The summed E-state index contributed by atoms with van der Waals surface area (Å²) in [7, 11) is 3.62. The molecule has 7 heterocycles. The highest BCUT2D eigenvalue weighted by Crippen LogP contribution is 2.50. The van der Waals surface area contributed by atoms with Crippen LogP contribution in [0.2, 0.25) is 0 Å². The number of nitrogens with one attached hydrogen (secondary N) is 3. The van der Waals surface area contributed by atoms with Crippen LogP contribution in [-0.4, -0.2) is 98.2 Å². The van der Waals surface area contributed by atoms with Gasteiger partial charge in [-0.3, -0.25) is 28.8 Å². The van der Waals surface area contributed by atoms with Crippen LogP contribution in [0.4, 0.5) is 22.9 Å². The number of fused-ring (bicyclic) bond motifs is 4. The number of likely N-dealkylation sites (tertiary alicyclic amines) is 1. The Morgan fingerprint density at radius 1 is 0.929 bits per heavy atom. The van der Waals surface area contributed by atoms with Crippen LogP contribution in [0.5, 0.6) is 0 Å². The van der Waals surface area contributed by atoms with Gasteiger partial charge in [0.1, 0.15) is 6.04 Å². The lowest BCUT2D eigenvalue weighted by Crippen LogP contribution is -2.51. The fourth-order valence-electron chi connectivity index (χ4n) is 9.76. The molecule has 56 heavy (non-hydrogen) atoms. The van der Waals surface area contributed by atoms with Gasteiger partial charge in [0.25, 0.3) is 5.91 Å². The number of hydrogen-bond donors (Lipinski definition) is 3. The third-order valence-electron chi connectivity index (χ3n) is 13.1. The summed E-state index contributed by atoms with van der Waals surface area (Å²) in [4.78, 5) is 62.9. The molecule has 5 aliphatic rings. The third-order valence-corrected chi connectivity index (χ3v) is 13.1. The Morgan fingerprint density at radius 2 is 1.71 bits per heavy atom. The zero-order valence-electron chi connectivity index (χ0n) is 31.8. The maximum Gasteiger partial charge on any atom is 0.329 e. The Bertz CT molecular complexity index is 2460. The first kappa shape index (κ1) is 34.8. The second-order valence-electron chi connectivity index (χ2n) is 16.3. The minimum atomic E-state index is -0.691. The molecule has 10 rings (SSSR count). The molecule has 3 aromatic heterocycles. The zero-order valence-corrected chi connectivity index (χ0v) is 31.8. The Kier molecular flexibility index (Phi) is 8.20. The molecule has 15 heteroatoms. The molecule has 5 aromatic rings. The lowest BCUT2D eigenvalue weighted by molar-refractivity contribution is -0.135. The topological polar surface area (TPSA) is 154 Å². The monoisotopic (exact) mass is 757 g/mol. The number of nitrogens with zero attached hydrogens (tertiary/aromatic N) is 8. The maximum absolute atomic E-state index is 13.3. The number of piperidine rings is 3. The minimum absolute atomic E-state index is 0.000939. The summed E-state index contributed by atoms with van der Waals surface area (Å²) in [5, 5.41) is 13.8. The van der Waals surface area contributed by atoms with Gasteiger partial charge in [-0.05, 0) is 87.9 Å². The number of amides is 3. The molecule has 4 aliphatic heterocycles. The van der Waals surface area contributed by atoms with E-state index in [1.165, 1.54) is 11.3 Å². The zero-order chi connectivity index (χ0) is 38.3. The number of rotatable bonds is 7. The summed E-state index contributed by atoms with van der Waals surface area (Å²) in [6, 6.07) is 16.9. The van der Waals surface area contributed by atoms with Gasteiger partial charge >= 0.3 is 5.69 Å². The Labute approximate surface area is 323 Å². The maximum atomic E-state index is 13.3. The van der Waals surface area contributed by atoms with Crippen molar-refractivity contribution in [2.45, 2.75) is 74.9 Å². The third kappa shape index (κ3) is 5.65. The summed E-state index contributed by atoms with van der Waals surface area (Å²) < 4.78 is 4.84. The van der Waals surface area contributed by atoms with Crippen molar-refractivity contribution >= 4 is 57.3 Å². The molecular formula is C41H47N11O4. The van der Waals surface area contributed by atoms with E-state index in [1.807, 2.05) is 13.1 Å². The second kappa shape index (κ2) is 13.2. The fraction of sp³-hybridized carbons (Fsp3) is 0.463. The summed E-state index contributed by atoms with van der Waals surface area (Å²) in [5.41, 5.74) is 6.78. The van der Waals surface area contributed by atoms with E-state index in [9.17, 15) is 19.2 Å². The van der Waals surface area contributed by atoms with Gasteiger partial charge in [-0.2, -0.15) is 0 Å². The molecule has 290 valence electrons. The number of aromatic nitrogens is 5. The molecule has 1 saturated carbocycles. The number of imide groups is 1. The molecule has 0 bridgehead atoms. The first-order valence-electron chi connectivity index (χ1n) is 20.0. The molecule has 3 amide bonds. The van der Waals surface area contributed by atoms with Gasteiger partial charge in [0.15, 0.2) is 17.2 Å². The first-order chi connectivity index (χ1) is 27.2. The number of imidazole rings is 2. The molecule has 3 saturated heterocycles. The molecule has 15 nitrogen and oxygen atoms in total. The van der Waals surface area contributed by atoms with Gasteiger partial charge in [0.05, 0.1) is 22.9 Å². The minimum Gasteiger partial charge on any atom is -0.385 e. The van der Waals surface area contributed by atoms with Crippen molar-refractivity contribution < 1.29 is 14.4 Å². The average Bonchev–Trinajstić information content (AvgIpc) is 3.76. The normalized spacial score (nSPS) is 21.6. The predicted octanol–water partition coefficient (Wildman–Crippen LogP) is 3.45. The molecule has 2 aromatic carbocycles. The van der Waals surface area contributed by atoms with Crippen LogP contribution in [0, 0.1) is 0 Å². The highest BCUT2D eigenvalue weighted by molar-refractivity contribution is 6.00. The molecule has 1 spiro atoms. The smallest absolute Gasteiger partial charge is 0.329 e. The van der Waals surface area contributed by atoms with Gasteiger partial charge in [0.2, 0.25) is 11.8 Å². The highest BCUT2D eigenvalue weighted by atomic mass is 16.2. The van der Waals surface area contributed by atoms with E-state index < -0.39 is 11.9 Å². The van der Waals surface area contributed by atoms with E-state index in [-0.39, 0.29) is 35.4 Å². The van der Waals surface area contributed by atoms with E-state index in [1.54, 1.807) is 26.9 Å². The van der Waals surface area contributed by atoms with Crippen molar-refractivity contribution in [3.63, 3.8) is 0 Å². The summed E-state index contributed by atoms with van der Waals surface area (Å²) in [5.74, 6) is -0.0583. The lowest BCUT2D eigenvalue weighted by Gasteiger charge is -2.45. The highest BCUT2D eigenvalue weighted by Gasteiger charge is 2.46. The Morgan fingerprint density at radius 3 is 2.46 bits per heavy atom. The molecule has 1 atom stereocenters. The molecule has 1 unspecified atom stereocenters. The number of hydrogen-bond acceptors (Lipinski definition) is 10. The van der Waals surface area contributed by atoms with Gasteiger partial charge in [-0.25, -0.2) is 14.3 Å². The largest absolute Gasteiger partial charge is 0.385 e. The van der Waals surface area contributed by atoms with Crippen LogP contribution in [0.1, 0.15) is 73.5 Å². The van der Waals surface area contributed by atoms with Crippen molar-refractivity contribution in [2.24, 2.45) is 7.05 Å². The predicted molar refractivity (Wildman–Crippen MR) is 213 cm³/mol. The molecule has 3 N–H and O–H groups in total. The standard InChI is InChI=1S/C41H47N11O4/c1-42-29-22-35(46-52-34(23-43-37(29)52)39(55)44-25-7-8-25)50-24-41(28-5-3-4-6-30(28)50)15-19-49(20-16-41)26-13-17-48(18-14-26)27-9-10-31-33(21-27)47(2)40(56)51(31)32-11-12-36(53)45-38(32)54/h3-6,9-10,21-23,25-26,32,42H,7-8,11-20,24H2,1-2H3,(H,44,55)(H,45,53,54). The van der Waals surface area contributed by atoms with Crippen LogP contribution in [0.3, 0.4) is 0 Å². The van der Waals surface area contributed by atoms with Gasteiger partial charge < -0.3 is 25.3 Å². The number of carbonyl (C=O) groups is 3. The van der Waals surface area contributed by atoms with E-state index in [2.05, 4.69) is 78.1 Å². The van der Waals surface area contributed by atoms with Gasteiger partial charge in [0, 0.05) is 75.1 Å². The van der Waals surface area contributed by atoms with Gasteiger partial charge in [-0.1, -0.05) is 18.2 Å². The van der Waals surface area contributed by atoms with Crippen molar-refractivity contribution in [1.29, 1.82) is 0 Å². The van der Waals surface area contributed by atoms with Crippen molar-refractivity contribution in [1.82, 2.24) is 39.3 Å². The van der Waals surface area contributed by atoms with E-state index in [4.69, 9.17) is 5.10 Å². The molecule has 1 aliphatic carbocycles. The van der Waals surface area contributed by atoms with E-state index in [0.717, 1.165) is 94.0 Å². The molecule has 4 fully saturated rings. The Hall–Kier alpha value is -5.70. The van der Waals surface area contributed by atoms with Crippen LogP contribution in [0.25, 0.3) is 16.7 Å². The summed E-state index contributed by atoms with van der Waals surface area (Å²) in [6.07, 6.45) is 8.41. The summed E-state index contributed by atoms with van der Waals surface area (Å²) in [6.45, 7) is 4.72. The van der Waals surface area contributed by atoms with Crippen LogP contribution in [0.15, 0.2) is 59.5 Å². The average molecular weight is 758 g/mol. The fourth-order valence-corrected chi connectivity index (χ4v) is 9.76. The second-order valence-corrected chi connectivity index (χ2v) is 16.3. The number of aryl methyl sites for hydroxylation is 1. The van der Waals surface area contributed by atoms with Crippen LogP contribution < -0.4 is 31.4 Å². The molecule has 0 radical (unpaired) electrons. The van der Waals surface area contributed by atoms with E-state index >= 15 is 0 Å². The van der Waals surface area contributed by atoms with E-state index in [0.29, 0.717) is 29.3 Å². The number of anilines is 4. The SMILES string of the molecule is CNc1cc(N2CC3(CCN(C4CCN(c5ccc6c(c5)n(C)c(=O)n6C5CCC(=O)NC5=O)CC4)CC3)c3ccccc32)nn2c(C(=O)NC3CC3)cnc12. The van der Waals surface area contributed by atoms with Crippen LogP contribution in [-0.2, 0) is 22.1 Å². The number of para-hydroxylation sites is 1. The van der Waals surface area contributed by atoms with Crippen molar-refractivity contribution in [3.8, 4) is 0 Å². The number of benzene rings is 2. The van der Waals surface area contributed by atoms with Crippen molar-refractivity contribution in [3.05, 3.63) is 76.5 Å². The first-order valence-corrected chi connectivity index (χ1v) is 20.0. The number of carbonyl (C=O) groups excluding carboxylic acids is 3. The van der Waals surface area contributed by atoms with Gasteiger partial charge in [-0.15, -0.1) is 5.10 Å². The van der Waals surface area contributed by atoms with Crippen molar-refractivity contribution in [2.75, 3.05) is 54.9 Å². The van der Waals surface area contributed by atoms with Crippen LogP contribution >= 0.6 is 0 Å². The summed E-state index contributed by atoms with van der Waals surface area (Å²) >= 11 is 0. The molecular weight excluding hydrogens is 711 g/mol.